The highest BCUT2D eigenvalue weighted by molar-refractivity contribution is 6.33. The molecule has 3 heterocycles. The fourth-order valence-corrected chi connectivity index (χ4v) is 6.01. The van der Waals surface area contributed by atoms with E-state index in [0.29, 0.717) is 64.5 Å². The Morgan fingerprint density at radius 3 is 2.44 bits per heavy atom. The van der Waals surface area contributed by atoms with Crippen LogP contribution in [0.2, 0.25) is 10.0 Å². The first-order chi connectivity index (χ1) is 18.8. The molecule has 5 rings (SSSR count). The average molecular weight is 571 g/mol. The van der Waals surface area contributed by atoms with Crippen LogP contribution < -0.4 is 4.74 Å². The summed E-state index contributed by atoms with van der Waals surface area (Å²) in [7, 11) is 0. The van der Waals surface area contributed by atoms with Crippen LogP contribution in [0.25, 0.3) is 11.3 Å². The third kappa shape index (κ3) is 6.25. The number of hydrogen-bond donors (Lipinski definition) is 0. The predicted octanol–water partition coefficient (Wildman–Crippen LogP) is 6.66. The summed E-state index contributed by atoms with van der Waals surface area (Å²) in [6.07, 6.45) is 5.08. The molecule has 2 aromatic carbocycles. The van der Waals surface area contributed by atoms with Gasteiger partial charge in [0.15, 0.2) is 0 Å². The van der Waals surface area contributed by atoms with Gasteiger partial charge in [-0.1, -0.05) is 46.6 Å². The lowest BCUT2D eigenvalue weighted by atomic mass is 9.77. The Morgan fingerprint density at radius 2 is 1.69 bits per heavy atom. The molecule has 0 saturated carbocycles. The second-order valence-corrected chi connectivity index (χ2v) is 11.5. The Bertz CT molecular complexity index is 1320. The molecule has 3 aromatic rings. The van der Waals surface area contributed by atoms with E-state index >= 15 is 0 Å². The Labute approximate surface area is 239 Å². The number of rotatable bonds is 7. The summed E-state index contributed by atoms with van der Waals surface area (Å²) in [5.41, 5.74) is 0.951. The van der Waals surface area contributed by atoms with Gasteiger partial charge in [-0.15, -0.1) is 0 Å². The molecule has 39 heavy (non-hydrogen) atoms. The van der Waals surface area contributed by atoms with Crippen LogP contribution in [0.1, 0.15) is 54.6 Å². The molecule has 0 N–H and O–H groups in total. The molecule has 0 bridgehead atoms. The maximum absolute atomic E-state index is 14.0. The van der Waals surface area contributed by atoms with Crippen molar-refractivity contribution in [3.63, 3.8) is 0 Å². The molecule has 2 fully saturated rings. The largest absolute Gasteiger partial charge is 0.493 e. The molecule has 206 valence electrons. The van der Waals surface area contributed by atoms with E-state index in [4.69, 9.17) is 32.5 Å². The van der Waals surface area contributed by atoms with Gasteiger partial charge in [0.1, 0.15) is 22.8 Å². The lowest BCUT2D eigenvalue weighted by Crippen LogP contribution is -2.51. The van der Waals surface area contributed by atoms with Crippen molar-refractivity contribution < 1.29 is 18.8 Å². The maximum atomic E-state index is 14.0. The van der Waals surface area contributed by atoms with E-state index in [2.05, 4.69) is 5.16 Å². The number of hydrogen-bond acceptors (Lipinski definition) is 5. The molecule has 2 amide bonds. The zero-order valence-electron chi connectivity index (χ0n) is 22.1. The fourth-order valence-electron chi connectivity index (χ4n) is 5.66. The molecule has 9 heteroatoms. The first-order valence-electron chi connectivity index (χ1n) is 13.5. The number of aryl methyl sites for hydroxylation is 1. The number of piperidine rings is 2. The smallest absolute Gasteiger partial charge is 0.259 e. The van der Waals surface area contributed by atoms with Crippen LogP contribution in [0, 0.1) is 12.3 Å². The van der Waals surface area contributed by atoms with Gasteiger partial charge in [0.05, 0.1) is 11.6 Å². The summed E-state index contributed by atoms with van der Waals surface area (Å²) < 4.78 is 11.7. The number of likely N-dealkylation sites (tertiary alicyclic amines) is 2. The number of nitrogens with zero attached hydrogens (tertiary/aromatic N) is 3. The summed E-state index contributed by atoms with van der Waals surface area (Å²) in [6, 6.07) is 14.5. The number of carbonyl (C=O) groups excluding carboxylic acids is 2. The van der Waals surface area contributed by atoms with Crippen LogP contribution >= 0.6 is 23.2 Å². The summed E-state index contributed by atoms with van der Waals surface area (Å²) in [4.78, 5) is 31.3. The molecule has 1 atom stereocenters. The topological polar surface area (TPSA) is 75.9 Å². The molecule has 1 unspecified atom stereocenters. The summed E-state index contributed by atoms with van der Waals surface area (Å²) in [5, 5.41) is 5.31. The van der Waals surface area contributed by atoms with Crippen molar-refractivity contribution in [2.24, 2.45) is 5.41 Å². The molecule has 0 aliphatic carbocycles. The van der Waals surface area contributed by atoms with Crippen LogP contribution in [0.3, 0.4) is 0 Å². The maximum Gasteiger partial charge on any atom is 0.259 e. The Hall–Kier alpha value is -3.03. The minimum atomic E-state index is -0.530. The first kappa shape index (κ1) is 27.5. The molecular formula is C30H33Cl2N3O4. The number of carbonyl (C=O) groups is 2. The predicted molar refractivity (Wildman–Crippen MR) is 151 cm³/mol. The molecule has 0 radical (unpaired) electrons. The minimum Gasteiger partial charge on any atom is -0.493 e. The number of amides is 2. The van der Waals surface area contributed by atoms with Crippen molar-refractivity contribution in [3.05, 3.63) is 69.9 Å². The second kappa shape index (κ2) is 12.0. The third-order valence-corrected chi connectivity index (χ3v) is 8.33. The summed E-state index contributed by atoms with van der Waals surface area (Å²) in [6.45, 7) is 4.60. The van der Waals surface area contributed by atoms with Gasteiger partial charge >= 0.3 is 0 Å². The van der Waals surface area contributed by atoms with Crippen LogP contribution in [-0.4, -0.2) is 59.6 Å². The van der Waals surface area contributed by atoms with Gasteiger partial charge in [-0.3, -0.25) is 9.59 Å². The van der Waals surface area contributed by atoms with Crippen LogP contribution in [0.15, 0.2) is 53.1 Å². The van der Waals surface area contributed by atoms with E-state index in [1.807, 2.05) is 40.1 Å². The average Bonchev–Trinajstić information content (AvgIpc) is 3.34. The Balaban J connectivity index is 1.41. The second-order valence-electron chi connectivity index (χ2n) is 10.6. The SMILES string of the molecule is Cc1onc(-c2ccccc2Cl)c1C(=O)N1CCCC(COc2ccc(Cl)cc2)(CC(=O)N2CCCCC2)C1. The van der Waals surface area contributed by atoms with Crippen LogP contribution in [-0.2, 0) is 4.79 Å². The van der Waals surface area contributed by atoms with E-state index in [9.17, 15) is 9.59 Å². The van der Waals surface area contributed by atoms with E-state index < -0.39 is 5.41 Å². The molecule has 7 nitrogen and oxygen atoms in total. The standard InChI is InChI=1S/C30H33Cl2N3O4/c1-21-27(28(33-39-21)24-8-3-4-9-25(24)32)29(37)35-17-7-14-30(19-35,18-26(36)34-15-5-2-6-16-34)20-38-23-12-10-22(31)11-13-23/h3-4,8-13H,2,5-7,14-20H2,1H3. The monoisotopic (exact) mass is 569 g/mol. The van der Waals surface area contributed by atoms with E-state index in [-0.39, 0.29) is 11.8 Å². The van der Waals surface area contributed by atoms with E-state index in [1.54, 1.807) is 25.1 Å². The molecule has 2 saturated heterocycles. The first-order valence-corrected chi connectivity index (χ1v) is 14.3. The lowest BCUT2D eigenvalue weighted by molar-refractivity contribution is -0.136. The molecule has 1 aromatic heterocycles. The Kier molecular flexibility index (Phi) is 8.48. The quantitative estimate of drug-likeness (QED) is 0.318. The van der Waals surface area contributed by atoms with Crippen molar-refractivity contribution in [2.45, 2.75) is 45.4 Å². The van der Waals surface area contributed by atoms with Crippen molar-refractivity contribution in [1.82, 2.24) is 15.0 Å². The number of benzene rings is 2. The highest BCUT2D eigenvalue weighted by atomic mass is 35.5. The van der Waals surface area contributed by atoms with Gasteiger partial charge in [0, 0.05) is 48.6 Å². The third-order valence-electron chi connectivity index (χ3n) is 7.75. The normalized spacial score (nSPS) is 19.7. The molecule has 2 aliphatic rings. The van der Waals surface area contributed by atoms with Gasteiger partial charge in [0.2, 0.25) is 5.91 Å². The molecular weight excluding hydrogens is 537 g/mol. The van der Waals surface area contributed by atoms with Gasteiger partial charge in [-0.25, -0.2) is 0 Å². The van der Waals surface area contributed by atoms with E-state index in [0.717, 1.165) is 45.2 Å². The van der Waals surface area contributed by atoms with Crippen molar-refractivity contribution in [1.29, 1.82) is 0 Å². The van der Waals surface area contributed by atoms with Gasteiger partial charge in [-0.05, 0) is 69.4 Å². The number of aromatic nitrogens is 1. The van der Waals surface area contributed by atoms with Gasteiger partial charge < -0.3 is 19.1 Å². The lowest BCUT2D eigenvalue weighted by Gasteiger charge is -2.43. The zero-order valence-corrected chi connectivity index (χ0v) is 23.6. The van der Waals surface area contributed by atoms with Crippen LogP contribution in [0.5, 0.6) is 5.75 Å². The van der Waals surface area contributed by atoms with E-state index in [1.165, 1.54) is 0 Å². The number of halogens is 2. The van der Waals surface area contributed by atoms with Crippen LogP contribution in [0.4, 0.5) is 0 Å². The minimum absolute atomic E-state index is 0.126. The zero-order chi connectivity index (χ0) is 27.4. The van der Waals surface area contributed by atoms with Crippen molar-refractivity contribution in [3.8, 4) is 17.0 Å². The van der Waals surface area contributed by atoms with Crippen molar-refractivity contribution >= 4 is 35.0 Å². The molecule has 2 aliphatic heterocycles. The highest BCUT2D eigenvalue weighted by Gasteiger charge is 2.42. The summed E-state index contributed by atoms with van der Waals surface area (Å²) in [5.74, 6) is 1.07. The van der Waals surface area contributed by atoms with Gasteiger partial charge in [-0.2, -0.15) is 0 Å². The van der Waals surface area contributed by atoms with Crippen molar-refractivity contribution in [2.75, 3.05) is 32.8 Å². The number of ether oxygens (including phenoxy) is 1. The fraction of sp³-hybridized carbons (Fsp3) is 0.433. The summed E-state index contributed by atoms with van der Waals surface area (Å²) >= 11 is 12.5. The molecule has 0 spiro atoms. The Morgan fingerprint density at radius 1 is 0.974 bits per heavy atom. The highest BCUT2D eigenvalue weighted by Crippen LogP contribution is 2.38. The van der Waals surface area contributed by atoms with Gasteiger partial charge in [0.25, 0.3) is 5.91 Å².